The van der Waals surface area contributed by atoms with E-state index in [-0.39, 0.29) is 5.91 Å². The molecule has 0 radical (unpaired) electrons. The zero-order valence-corrected chi connectivity index (χ0v) is 14.7. The van der Waals surface area contributed by atoms with E-state index in [0.29, 0.717) is 34.6 Å². The maximum atomic E-state index is 12.8. The Hall–Kier alpha value is -1.55. The monoisotopic (exact) mass is 350 g/mol. The fourth-order valence-electron chi connectivity index (χ4n) is 2.32. The molecule has 0 atom stereocenters. The highest BCUT2D eigenvalue weighted by molar-refractivity contribution is 6.37. The Labute approximate surface area is 147 Å². The maximum absolute atomic E-state index is 12.8. The Morgan fingerprint density at radius 1 is 1.13 bits per heavy atom. The van der Waals surface area contributed by atoms with E-state index in [1.807, 2.05) is 24.3 Å². The molecule has 2 aromatic rings. The fourth-order valence-corrected chi connectivity index (χ4v) is 2.81. The van der Waals surface area contributed by atoms with Gasteiger partial charge in [-0.25, -0.2) is 0 Å². The van der Waals surface area contributed by atoms with Crippen LogP contribution in [0.2, 0.25) is 10.0 Å². The molecular weight excluding hydrogens is 331 g/mol. The number of benzene rings is 2. The number of anilines is 1. The molecule has 0 aliphatic carbocycles. The molecule has 2 N–H and O–H groups in total. The van der Waals surface area contributed by atoms with Crippen LogP contribution in [0, 0.1) is 0 Å². The highest BCUT2D eigenvalue weighted by Gasteiger charge is 2.20. The van der Waals surface area contributed by atoms with Gasteiger partial charge in [0.1, 0.15) is 0 Å². The van der Waals surface area contributed by atoms with Gasteiger partial charge in [0.25, 0.3) is 5.91 Å². The number of carbonyl (C=O) groups is 1. The van der Waals surface area contributed by atoms with Crippen LogP contribution in [0.15, 0.2) is 42.5 Å². The first-order chi connectivity index (χ1) is 10.9. The molecule has 2 aromatic carbocycles. The van der Waals surface area contributed by atoms with Gasteiger partial charge in [-0.15, -0.1) is 0 Å². The first-order valence-electron chi connectivity index (χ1n) is 7.51. The SMILES string of the molecule is CC(C)c1ccc(N(CCN)C(=O)c2ccc(Cl)cc2Cl)cc1. The molecule has 3 nitrogen and oxygen atoms in total. The van der Waals surface area contributed by atoms with Gasteiger partial charge in [-0.05, 0) is 41.8 Å². The molecule has 1 amide bonds. The zero-order chi connectivity index (χ0) is 17.0. The summed E-state index contributed by atoms with van der Waals surface area (Å²) in [4.78, 5) is 14.5. The second-order valence-electron chi connectivity index (χ2n) is 5.62. The number of amides is 1. The van der Waals surface area contributed by atoms with E-state index in [1.54, 1.807) is 23.1 Å². The average Bonchev–Trinajstić information content (AvgIpc) is 2.52. The van der Waals surface area contributed by atoms with E-state index in [9.17, 15) is 4.79 Å². The van der Waals surface area contributed by atoms with E-state index in [4.69, 9.17) is 28.9 Å². The molecule has 0 spiro atoms. The predicted molar refractivity (Wildman–Crippen MR) is 97.7 cm³/mol. The van der Waals surface area contributed by atoms with Crippen molar-refractivity contribution >= 4 is 34.8 Å². The molecule has 0 saturated heterocycles. The summed E-state index contributed by atoms with van der Waals surface area (Å²) in [6.07, 6.45) is 0. The summed E-state index contributed by atoms with van der Waals surface area (Å²) in [5.41, 5.74) is 8.11. The molecule has 0 aliphatic heterocycles. The van der Waals surface area contributed by atoms with Crippen molar-refractivity contribution in [3.05, 3.63) is 63.6 Å². The summed E-state index contributed by atoms with van der Waals surface area (Å²) >= 11 is 12.1. The summed E-state index contributed by atoms with van der Waals surface area (Å²) in [5.74, 6) is 0.253. The summed E-state index contributed by atoms with van der Waals surface area (Å²) < 4.78 is 0. The van der Waals surface area contributed by atoms with Crippen molar-refractivity contribution < 1.29 is 4.79 Å². The van der Waals surface area contributed by atoms with Crippen molar-refractivity contribution in [3.63, 3.8) is 0 Å². The quantitative estimate of drug-likeness (QED) is 0.847. The molecule has 122 valence electrons. The van der Waals surface area contributed by atoms with Crippen molar-refractivity contribution in [2.75, 3.05) is 18.0 Å². The lowest BCUT2D eigenvalue weighted by Gasteiger charge is -2.23. The first-order valence-corrected chi connectivity index (χ1v) is 8.26. The summed E-state index contributed by atoms with van der Waals surface area (Å²) in [7, 11) is 0. The Bertz CT molecular complexity index is 684. The Morgan fingerprint density at radius 2 is 1.78 bits per heavy atom. The third-order valence-corrected chi connectivity index (χ3v) is 4.18. The number of nitrogens with two attached hydrogens (primary N) is 1. The van der Waals surface area contributed by atoms with Crippen molar-refractivity contribution in [2.45, 2.75) is 19.8 Å². The summed E-state index contributed by atoms with van der Waals surface area (Å²) in [5, 5.41) is 0.835. The molecule has 0 unspecified atom stereocenters. The number of nitrogens with zero attached hydrogens (tertiary/aromatic N) is 1. The number of halogens is 2. The zero-order valence-electron chi connectivity index (χ0n) is 13.2. The highest BCUT2D eigenvalue weighted by Crippen LogP contribution is 2.26. The van der Waals surface area contributed by atoms with Crippen LogP contribution < -0.4 is 10.6 Å². The van der Waals surface area contributed by atoms with E-state index in [1.165, 1.54) is 5.56 Å². The van der Waals surface area contributed by atoms with Crippen LogP contribution in [0.25, 0.3) is 0 Å². The van der Waals surface area contributed by atoms with E-state index in [0.717, 1.165) is 5.69 Å². The normalized spacial score (nSPS) is 10.9. The van der Waals surface area contributed by atoms with Gasteiger partial charge in [-0.2, -0.15) is 0 Å². The van der Waals surface area contributed by atoms with Crippen molar-refractivity contribution in [3.8, 4) is 0 Å². The van der Waals surface area contributed by atoms with Gasteiger partial charge >= 0.3 is 0 Å². The van der Waals surface area contributed by atoms with Crippen LogP contribution in [0.5, 0.6) is 0 Å². The smallest absolute Gasteiger partial charge is 0.259 e. The van der Waals surface area contributed by atoms with Gasteiger partial charge in [-0.3, -0.25) is 4.79 Å². The summed E-state index contributed by atoms with van der Waals surface area (Å²) in [6.45, 7) is 5.04. The van der Waals surface area contributed by atoms with E-state index >= 15 is 0 Å². The standard InChI is InChI=1S/C18H20Cl2N2O/c1-12(2)13-3-6-15(7-4-13)22(10-9-21)18(23)16-8-5-14(19)11-17(16)20/h3-8,11-12H,9-10,21H2,1-2H3. The lowest BCUT2D eigenvalue weighted by molar-refractivity contribution is 0.0988. The van der Waals surface area contributed by atoms with E-state index < -0.39 is 0 Å². The Kier molecular flexibility index (Phi) is 6.05. The van der Waals surface area contributed by atoms with Gasteiger partial charge in [0.15, 0.2) is 0 Å². The van der Waals surface area contributed by atoms with Crippen LogP contribution in [-0.4, -0.2) is 19.0 Å². The van der Waals surface area contributed by atoms with E-state index in [2.05, 4.69) is 13.8 Å². The van der Waals surface area contributed by atoms with Gasteiger partial charge in [0.05, 0.1) is 10.6 Å². The lowest BCUT2D eigenvalue weighted by Crippen LogP contribution is -2.35. The molecule has 0 aromatic heterocycles. The van der Waals surface area contributed by atoms with Crippen LogP contribution in [-0.2, 0) is 0 Å². The molecule has 0 aliphatic rings. The highest BCUT2D eigenvalue weighted by atomic mass is 35.5. The van der Waals surface area contributed by atoms with Gasteiger partial charge in [-0.1, -0.05) is 49.2 Å². The minimum atomic E-state index is -0.186. The second-order valence-corrected chi connectivity index (χ2v) is 6.46. The van der Waals surface area contributed by atoms with Crippen LogP contribution in [0.1, 0.15) is 35.7 Å². The maximum Gasteiger partial charge on any atom is 0.259 e. The molecule has 0 fully saturated rings. The van der Waals surface area contributed by atoms with Crippen molar-refractivity contribution in [1.82, 2.24) is 0 Å². The number of carbonyl (C=O) groups excluding carboxylic acids is 1. The molecule has 5 heteroatoms. The Morgan fingerprint density at radius 3 is 2.30 bits per heavy atom. The molecule has 2 rings (SSSR count). The number of rotatable bonds is 5. The largest absolute Gasteiger partial charge is 0.329 e. The molecular formula is C18H20Cl2N2O. The van der Waals surface area contributed by atoms with Crippen LogP contribution in [0.4, 0.5) is 5.69 Å². The topological polar surface area (TPSA) is 46.3 Å². The number of hydrogen-bond acceptors (Lipinski definition) is 2. The predicted octanol–water partition coefficient (Wildman–Crippen LogP) is 4.72. The first kappa shape index (κ1) is 17.8. The van der Waals surface area contributed by atoms with Crippen LogP contribution in [0.3, 0.4) is 0 Å². The van der Waals surface area contributed by atoms with Gasteiger partial charge in [0.2, 0.25) is 0 Å². The third kappa shape index (κ3) is 4.25. The minimum Gasteiger partial charge on any atom is -0.329 e. The van der Waals surface area contributed by atoms with Gasteiger partial charge in [0, 0.05) is 23.8 Å². The fraction of sp³-hybridized carbons (Fsp3) is 0.278. The van der Waals surface area contributed by atoms with Gasteiger partial charge < -0.3 is 10.6 Å². The average molecular weight is 351 g/mol. The molecule has 23 heavy (non-hydrogen) atoms. The third-order valence-electron chi connectivity index (χ3n) is 3.63. The lowest BCUT2D eigenvalue weighted by atomic mass is 10.0. The van der Waals surface area contributed by atoms with Crippen molar-refractivity contribution in [2.24, 2.45) is 5.73 Å². The molecule has 0 saturated carbocycles. The number of hydrogen-bond donors (Lipinski definition) is 1. The van der Waals surface area contributed by atoms with Crippen molar-refractivity contribution in [1.29, 1.82) is 0 Å². The molecule has 0 bridgehead atoms. The molecule has 0 heterocycles. The Balaban J connectivity index is 2.35. The summed E-state index contributed by atoms with van der Waals surface area (Å²) in [6, 6.07) is 12.8. The minimum absolute atomic E-state index is 0.186. The second kappa shape index (κ2) is 7.82. The van der Waals surface area contributed by atoms with Crippen LogP contribution >= 0.6 is 23.2 Å².